The monoisotopic (exact) mass is 294 g/mol. The summed E-state index contributed by atoms with van der Waals surface area (Å²) in [6.07, 6.45) is 18.9. The molecule has 1 aromatic heterocycles. The van der Waals surface area contributed by atoms with E-state index in [0.717, 1.165) is 12.4 Å². The lowest BCUT2D eigenvalue weighted by molar-refractivity contribution is 0.109. The van der Waals surface area contributed by atoms with Gasteiger partial charge in [0.1, 0.15) is 12.4 Å². The Kier molecular flexibility index (Phi) is 11.2. The molecule has 0 aliphatic rings. The molecule has 0 saturated heterocycles. The van der Waals surface area contributed by atoms with Crippen LogP contribution in [0.3, 0.4) is 0 Å². The third-order valence-corrected chi connectivity index (χ3v) is 4.04. The summed E-state index contributed by atoms with van der Waals surface area (Å²) in [5.41, 5.74) is 0. The Bertz CT molecular complexity index is 336. The third-order valence-electron chi connectivity index (χ3n) is 4.04. The van der Waals surface area contributed by atoms with Gasteiger partial charge in [-0.05, 0) is 6.42 Å². The number of ether oxygens (including phenoxy) is 1. The summed E-state index contributed by atoms with van der Waals surface area (Å²) in [4.78, 5) is 4.25. The summed E-state index contributed by atoms with van der Waals surface area (Å²) in [5, 5.41) is 0. The number of aryl methyl sites for hydroxylation is 1. The maximum Gasteiger partial charge on any atom is 0.134 e. The molecule has 0 amide bonds. The van der Waals surface area contributed by atoms with Crippen LogP contribution in [0, 0.1) is 0 Å². The van der Waals surface area contributed by atoms with Crippen LogP contribution in [0.1, 0.15) is 83.4 Å². The summed E-state index contributed by atoms with van der Waals surface area (Å²) in [6, 6.07) is 0. The van der Waals surface area contributed by atoms with E-state index in [0.29, 0.717) is 6.61 Å². The van der Waals surface area contributed by atoms with Crippen LogP contribution in [0.5, 0.6) is 0 Å². The predicted octanol–water partition coefficient (Wildman–Crippen LogP) is 5.25. The molecule has 0 unspecified atom stereocenters. The molecule has 1 aromatic rings. The van der Waals surface area contributed by atoms with Crippen LogP contribution in [0.2, 0.25) is 0 Å². The highest BCUT2D eigenvalue weighted by atomic mass is 16.5. The molecular weight excluding hydrogens is 260 g/mol. The number of nitrogens with zero attached hydrogens (tertiary/aromatic N) is 2. The summed E-state index contributed by atoms with van der Waals surface area (Å²) in [7, 11) is 2.01. The van der Waals surface area contributed by atoms with Crippen LogP contribution in [0.4, 0.5) is 0 Å². The van der Waals surface area contributed by atoms with Crippen molar-refractivity contribution >= 4 is 0 Å². The topological polar surface area (TPSA) is 27.1 Å². The molecule has 0 spiro atoms. The zero-order valence-electron chi connectivity index (χ0n) is 14.1. The molecule has 0 aliphatic heterocycles. The van der Waals surface area contributed by atoms with Crippen molar-refractivity contribution in [2.75, 3.05) is 6.61 Å². The lowest BCUT2D eigenvalue weighted by Crippen LogP contribution is -2.02. The van der Waals surface area contributed by atoms with E-state index in [9.17, 15) is 0 Å². The molecule has 0 radical (unpaired) electrons. The summed E-state index contributed by atoms with van der Waals surface area (Å²) in [6.45, 7) is 3.78. The van der Waals surface area contributed by atoms with Gasteiger partial charge in [0.25, 0.3) is 0 Å². The lowest BCUT2D eigenvalue weighted by atomic mass is 10.1. The fourth-order valence-electron chi connectivity index (χ4n) is 2.57. The van der Waals surface area contributed by atoms with Crippen LogP contribution < -0.4 is 0 Å². The van der Waals surface area contributed by atoms with E-state index in [-0.39, 0.29) is 0 Å². The number of imidazole rings is 1. The summed E-state index contributed by atoms with van der Waals surface area (Å²) < 4.78 is 7.67. The van der Waals surface area contributed by atoms with Gasteiger partial charge in [0.15, 0.2) is 0 Å². The molecule has 0 atom stereocenters. The molecule has 1 rings (SSSR count). The Morgan fingerprint density at radius 1 is 0.905 bits per heavy atom. The van der Waals surface area contributed by atoms with E-state index >= 15 is 0 Å². The first kappa shape index (κ1) is 18.2. The highest BCUT2D eigenvalue weighted by Gasteiger charge is 1.98. The van der Waals surface area contributed by atoms with Crippen molar-refractivity contribution in [3.63, 3.8) is 0 Å². The minimum atomic E-state index is 0.640. The van der Waals surface area contributed by atoms with Gasteiger partial charge in [0, 0.05) is 26.0 Å². The molecule has 0 bridgehead atoms. The van der Waals surface area contributed by atoms with Gasteiger partial charge >= 0.3 is 0 Å². The first-order valence-electron chi connectivity index (χ1n) is 8.88. The largest absolute Gasteiger partial charge is 0.374 e. The van der Waals surface area contributed by atoms with E-state index in [1.165, 1.54) is 70.6 Å². The van der Waals surface area contributed by atoms with Crippen molar-refractivity contribution in [3.8, 4) is 0 Å². The van der Waals surface area contributed by atoms with Crippen LogP contribution in [0.15, 0.2) is 12.4 Å². The Morgan fingerprint density at radius 3 is 2.00 bits per heavy atom. The Morgan fingerprint density at radius 2 is 1.48 bits per heavy atom. The predicted molar refractivity (Wildman–Crippen MR) is 89.3 cm³/mol. The van der Waals surface area contributed by atoms with Gasteiger partial charge in [-0.3, -0.25) is 0 Å². The third kappa shape index (κ3) is 9.67. The van der Waals surface area contributed by atoms with Gasteiger partial charge in [-0.25, -0.2) is 4.98 Å². The Hall–Kier alpha value is -0.830. The first-order valence-corrected chi connectivity index (χ1v) is 8.88. The first-order chi connectivity index (χ1) is 10.3. The minimum absolute atomic E-state index is 0.640. The number of hydrogen-bond donors (Lipinski definition) is 0. The Balaban J connectivity index is 1.76. The van der Waals surface area contributed by atoms with Crippen molar-refractivity contribution in [1.29, 1.82) is 0 Å². The molecule has 0 saturated carbocycles. The molecule has 0 aromatic carbocycles. The molecule has 122 valence electrons. The number of rotatable bonds is 14. The molecule has 3 nitrogen and oxygen atoms in total. The van der Waals surface area contributed by atoms with Crippen molar-refractivity contribution in [2.24, 2.45) is 7.05 Å². The van der Waals surface area contributed by atoms with E-state index in [1.807, 2.05) is 24.0 Å². The molecule has 21 heavy (non-hydrogen) atoms. The molecule has 3 heteroatoms. The molecule has 1 heterocycles. The van der Waals surface area contributed by atoms with Crippen LogP contribution in [0.25, 0.3) is 0 Å². The lowest BCUT2D eigenvalue weighted by Gasteiger charge is -2.05. The van der Waals surface area contributed by atoms with Gasteiger partial charge in [-0.2, -0.15) is 0 Å². The SMILES string of the molecule is CCCCCCCCCCCCCOCc1nccn1C. The van der Waals surface area contributed by atoms with E-state index < -0.39 is 0 Å². The molecule has 0 fully saturated rings. The van der Waals surface area contributed by atoms with Gasteiger partial charge in [0.05, 0.1) is 0 Å². The van der Waals surface area contributed by atoms with Gasteiger partial charge in [0.2, 0.25) is 0 Å². The highest BCUT2D eigenvalue weighted by Crippen LogP contribution is 2.11. The number of hydrogen-bond acceptors (Lipinski definition) is 2. The van der Waals surface area contributed by atoms with E-state index in [4.69, 9.17) is 4.74 Å². The minimum Gasteiger partial charge on any atom is -0.374 e. The number of unbranched alkanes of at least 4 members (excludes halogenated alkanes) is 10. The zero-order chi connectivity index (χ0) is 15.2. The second-order valence-corrected chi connectivity index (χ2v) is 6.04. The second-order valence-electron chi connectivity index (χ2n) is 6.04. The standard InChI is InChI=1S/C18H34N2O/c1-3-4-5-6-7-8-9-10-11-12-13-16-21-17-18-19-14-15-20(18)2/h14-15H,3-13,16-17H2,1-2H3. The highest BCUT2D eigenvalue weighted by molar-refractivity contribution is 4.88. The quantitative estimate of drug-likeness (QED) is 0.438. The van der Waals surface area contributed by atoms with Crippen LogP contribution in [-0.4, -0.2) is 16.2 Å². The Labute approximate surface area is 131 Å². The molecule has 0 N–H and O–H groups in total. The summed E-state index contributed by atoms with van der Waals surface area (Å²) >= 11 is 0. The smallest absolute Gasteiger partial charge is 0.134 e. The fraction of sp³-hybridized carbons (Fsp3) is 0.833. The normalized spacial score (nSPS) is 11.1. The maximum absolute atomic E-state index is 5.66. The molecular formula is C18H34N2O. The fourth-order valence-corrected chi connectivity index (χ4v) is 2.57. The second kappa shape index (κ2) is 12.9. The molecule has 0 aliphatic carbocycles. The zero-order valence-corrected chi connectivity index (χ0v) is 14.1. The van der Waals surface area contributed by atoms with Gasteiger partial charge in [-0.1, -0.05) is 71.1 Å². The van der Waals surface area contributed by atoms with Crippen LogP contribution in [-0.2, 0) is 18.4 Å². The average Bonchev–Trinajstić information content (AvgIpc) is 2.89. The van der Waals surface area contributed by atoms with E-state index in [2.05, 4.69) is 11.9 Å². The van der Waals surface area contributed by atoms with Crippen molar-refractivity contribution < 1.29 is 4.74 Å². The van der Waals surface area contributed by atoms with E-state index in [1.54, 1.807) is 0 Å². The summed E-state index contributed by atoms with van der Waals surface area (Å²) in [5.74, 6) is 1.01. The van der Waals surface area contributed by atoms with Crippen molar-refractivity contribution in [1.82, 2.24) is 9.55 Å². The number of aromatic nitrogens is 2. The van der Waals surface area contributed by atoms with Crippen molar-refractivity contribution in [3.05, 3.63) is 18.2 Å². The van der Waals surface area contributed by atoms with Crippen molar-refractivity contribution in [2.45, 2.75) is 84.2 Å². The van der Waals surface area contributed by atoms with Gasteiger partial charge in [-0.15, -0.1) is 0 Å². The van der Waals surface area contributed by atoms with Crippen LogP contribution >= 0.6 is 0 Å². The average molecular weight is 294 g/mol. The van der Waals surface area contributed by atoms with Gasteiger partial charge < -0.3 is 9.30 Å². The maximum atomic E-state index is 5.66.